The van der Waals surface area contributed by atoms with Crippen LogP contribution in [0.4, 0.5) is 10.1 Å². The van der Waals surface area contributed by atoms with Crippen molar-refractivity contribution < 1.29 is 19.0 Å². The number of ether oxygens (including phenoxy) is 1. The number of phenols is 1. The van der Waals surface area contributed by atoms with Crippen molar-refractivity contribution in [3.8, 4) is 5.75 Å². The van der Waals surface area contributed by atoms with E-state index in [1.54, 1.807) is 7.11 Å². The molecule has 1 aromatic rings. The molecule has 0 aromatic heterocycles. The van der Waals surface area contributed by atoms with E-state index in [0.29, 0.717) is 25.1 Å². The first-order chi connectivity index (χ1) is 7.63. The molecular weight excluding hydrogens is 213 g/mol. The lowest BCUT2D eigenvalue weighted by atomic mass is 10.2. The summed E-state index contributed by atoms with van der Waals surface area (Å²) in [6.45, 7) is 0.511. The number of halogens is 1. The number of carbonyl (C=O) groups excluding carboxylic acids is 1. The minimum Gasteiger partial charge on any atom is -0.505 e. The summed E-state index contributed by atoms with van der Waals surface area (Å²) in [6.07, 6.45) is 0.930. The van der Waals surface area contributed by atoms with Crippen molar-refractivity contribution in [1.29, 1.82) is 0 Å². The van der Waals surface area contributed by atoms with Crippen LogP contribution in [0, 0.1) is 5.82 Å². The first kappa shape index (κ1) is 12.4. The molecule has 0 atom stereocenters. The van der Waals surface area contributed by atoms with Gasteiger partial charge in [-0.1, -0.05) is 0 Å². The molecule has 0 heterocycles. The zero-order valence-corrected chi connectivity index (χ0v) is 9.00. The monoisotopic (exact) mass is 227 g/mol. The van der Waals surface area contributed by atoms with E-state index in [1.807, 2.05) is 0 Å². The van der Waals surface area contributed by atoms with Crippen molar-refractivity contribution in [2.45, 2.75) is 12.8 Å². The van der Waals surface area contributed by atoms with Crippen molar-refractivity contribution in [1.82, 2.24) is 0 Å². The van der Waals surface area contributed by atoms with E-state index >= 15 is 0 Å². The van der Waals surface area contributed by atoms with Gasteiger partial charge in [0.25, 0.3) is 0 Å². The molecule has 0 aliphatic rings. The molecule has 5 heteroatoms. The molecule has 16 heavy (non-hydrogen) atoms. The standard InChI is InChI=1S/C11H14FNO3/c1-16-6-2-3-11(15)13-8-4-5-10(14)9(12)7-8/h4-5,7,14H,2-3,6H2,1H3,(H,13,15). The fraction of sp³-hybridized carbons (Fsp3) is 0.364. The van der Waals surface area contributed by atoms with Crippen molar-refractivity contribution in [2.75, 3.05) is 19.0 Å². The summed E-state index contributed by atoms with van der Waals surface area (Å²) in [4.78, 5) is 11.3. The number of aromatic hydroxyl groups is 1. The van der Waals surface area contributed by atoms with E-state index in [9.17, 15) is 9.18 Å². The molecule has 2 N–H and O–H groups in total. The predicted octanol–water partition coefficient (Wildman–Crippen LogP) is 1.90. The third-order valence-electron chi connectivity index (χ3n) is 1.98. The Hall–Kier alpha value is -1.62. The second-order valence-electron chi connectivity index (χ2n) is 3.31. The van der Waals surface area contributed by atoms with Crippen molar-refractivity contribution in [3.63, 3.8) is 0 Å². The van der Waals surface area contributed by atoms with Crippen molar-refractivity contribution in [2.24, 2.45) is 0 Å². The number of hydrogen-bond acceptors (Lipinski definition) is 3. The molecule has 4 nitrogen and oxygen atoms in total. The van der Waals surface area contributed by atoms with Crippen LogP contribution in [0.15, 0.2) is 18.2 Å². The lowest BCUT2D eigenvalue weighted by molar-refractivity contribution is -0.116. The second-order valence-corrected chi connectivity index (χ2v) is 3.31. The normalized spacial score (nSPS) is 10.1. The number of carbonyl (C=O) groups is 1. The van der Waals surface area contributed by atoms with Gasteiger partial charge in [0, 0.05) is 31.9 Å². The van der Waals surface area contributed by atoms with Crippen LogP contribution in [0.1, 0.15) is 12.8 Å². The Morgan fingerprint density at radius 1 is 1.56 bits per heavy atom. The Balaban J connectivity index is 2.46. The molecule has 0 saturated heterocycles. The maximum atomic E-state index is 12.9. The van der Waals surface area contributed by atoms with Crippen LogP contribution in [0.25, 0.3) is 0 Å². The van der Waals surface area contributed by atoms with Gasteiger partial charge in [-0.25, -0.2) is 4.39 Å². The van der Waals surface area contributed by atoms with Crippen LogP contribution in [-0.2, 0) is 9.53 Å². The van der Waals surface area contributed by atoms with Gasteiger partial charge in [0.1, 0.15) is 0 Å². The Labute approximate surface area is 93.0 Å². The van der Waals surface area contributed by atoms with Crippen LogP contribution >= 0.6 is 0 Å². The quantitative estimate of drug-likeness (QED) is 0.596. The molecular formula is C11H14FNO3. The highest BCUT2D eigenvalue weighted by Crippen LogP contribution is 2.19. The predicted molar refractivity (Wildman–Crippen MR) is 57.8 cm³/mol. The summed E-state index contributed by atoms with van der Waals surface area (Å²) >= 11 is 0. The van der Waals surface area contributed by atoms with E-state index in [4.69, 9.17) is 9.84 Å². The fourth-order valence-corrected chi connectivity index (χ4v) is 1.19. The molecule has 0 bridgehead atoms. The summed E-state index contributed by atoms with van der Waals surface area (Å²) < 4.78 is 17.7. The lowest BCUT2D eigenvalue weighted by Gasteiger charge is -2.05. The van der Waals surface area contributed by atoms with Crippen LogP contribution in [0.3, 0.4) is 0 Å². The van der Waals surface area contributed by atoms with Crippen molar-refractivity contribution >= 4 is 11.6 Å². The van der Waals surface area contributed by atoms with E-state index < -0.39 is 11.6 Å². The third kappa shape index (κ3) is 3.86. The maximum absolute atomic E-state index is 12.9. The van der Waals surface area contributed by atoms with Crippen LogP contribution in [0.5, 0.6) is 5.75 Å². The number of benzene rings is 1. The number of methoxy groups -OCH3 is 1. The van der Waals surface area contributed by atoms with Gasteiger partial charge in [0.05, 0.1) is 0 Å². The Kier molecular flexibility index (Phi) is 4.72. The Morgan fingerprint density at radius 3 is 2.94 bits per heavy atom. The average Bonchev–Trinajstić information content (AvgIpc) is 2.24. The highest BCUT2D eigenvalue weighted by atomic mass is 19.1. The summed E-state index contributed by atoms with van der Waals surface area (Å²) in [5, 5.41) is 11.5. The first-order valence-electron chi connectivity index (χ1n) is 4.91. The average molecular weight is 227 g/mol. The van der Waals surface area contributed by atoms with E-state index in [2.05, 4.69) is 5.32 Å². The van der Waals surface area contributed by atoms with Crippen LogP contribution in [0.2, 0.25) is 0 Å². The maximum Gasteiger partial charge on any atom is 0.224 e. The molecule has 0 fully saturated rings. The summed E-state index contributed by atoms with van der Waals surface area (Å²) in [5.41, 5.74) is 0.331. The van der Waals surface area contributed by atoms with Crippen LogP contribution in [-0.4, -0.2) is 24.7 Å². The molecule has 88 valence electrons. The molecule has 1 aromatic carbocycles. The summed E-state index contributed by atoms with van der Waals surface area (Å²) in [5.74, 6) is -1.39. The number of nitrogens with one attached hydrogen (secondary N) is 1. The van der Waals surface area contributed by atoms with Gasteiger partial charge in [-0.2, -0.15) is 0 Å². The molecule has 0 aliphatic heterocycles. The van der Waals surface area contributed by atoms with Gasteiger partial charge in [-0.05, 0) is 18.6 Å². The van der Waals surface area contributed by atoms with Gasteiger partial charge in [0.2, 0.25) is 5.91 Å². The molecule has 0 unspecified atom stereocenters. The van der Waals surface area contributed by atoms with Gasteiger partial charge in [0.15, 0.2) is 11.6 Å². The van der Waals surface area contributed by atoms with E-state index in [0.717, 1.165) is 6.07 Å². The van der Waals surface area contributed by atoms with E-state index in [-0.39, 0.29) is 5.91 Å². The zero-order valence-electron chi connectivity index (χ0n) is 9.00. The smallest absolute Gasteiger partial charge is 0.224 e. The van der Waals surface area contributed by atoms with Crippen LogP contribution < -0.4 is 5.32 Å². The topological polar surface area (TPSA) is 58.6 Å². The van der Waals surface area contributed by atoms with Gasteiger partial charge in [-0.3, -0.25) is 4.79 Å². The highest BCUT2D eigenvalue weighted by molar-refractivity contribution is 5.90. The van der Waals surface area contributed by atoms with Gasteiger partial charge >= 0.3 is 0 Å². The SMILES string of the molecule is COCCCC(=O)Nc1ccc(O)c(F)c1. The number of amides is 1. The highest BCUT2D eigenvalue weighted by Gasteiger charge is 2.05. The molecule has 1 rings (SSSR count). The Morgan fingerprint density at radius 2 is 2.31 bits per heavy atom. The number of phenolic OH excluding ortho intramolecular Hbond substituents is 1. The minimum atomic E-state index is -0.755. The lowest BCUT2D eigenvalue weighted by Crippen LogP contribution is -2.12. The molecule has 0 aliphatic carbocycles. The first-order valence-corrected chi connectivity index (χ1v) is 4.91. The number of rotatable bonds is 5. The van der Waals surface area contributed by atoms with E-state index in [1.165, 1.54) is 12.1 Å². The molecule has 0 spiro atoms. The molecule has 0 radical (unpaired) electrons. The second kappa shape index (κ2) is 6.07. The minimum absolute atomic E-state index is 0.206. The fourth-order valence-electron chi connectivity index (χ4n) is 1.19. The number of hydrogen-bond donors (Lipinski definition) is 2. The van der Waals surface area contributed by atoms with Crippen molar-refractivity contribution in [3.05, 3.63) is 24.0 Å². The zero-order chi connectivity index (χ0) is 12.0. The Bertz CT molecular complexity index is 368. The largest absolute Gasteiger partial charge is 0.505 e. The molecule has 1 amide bonds. The third-order valence-corrected chi connectivity index (χ3v) is 1.98. The number of anilines is 1. The summed E-state index contributed by atoms with van der Waals surface area (Å²) in [6, 6.07) is 3.70. The van der Waals surface area contributed by atoms with Gasteiger partial charge < -0.3 is 15.2 Å². The molecule has 0 saturated carbocycles. The summed E-state index contributed by atoms with van der Waals surface area (Å²) in [7, 11) is 1.56. The van der Waals surface area contributed by atoms with Gasteiger partial charge in [-0.15, -0.1) is 0 Å².